The monoisotopic (exact) mass is 353 g/mol. The molecule has 1 amide bonds. The van der Waals surface area contributed by atoms with Gasteiger partial charge in [0.1, 0.15) is 12.3 Å². The number of hydrogen-bond donors (Lipinski definition) is 1. The Morgan fingerprint density at radius 1 is 1.42 bits per heavy atom. The van der Waals surface area contributed by atoms with Gasteiger partial charge >= 0.3 is 0 Å². The smallest absolute Gasteiger partial charge is 0.270 e. The molecule has 2 heterocycles. The number of rotatable bonds is 5. The Bertz CT molecular complexity index is 946. The molecule has 26 heavy (non-hydrogen) atoms. The maximum Gasteiger partial charge on any atom is 0.270 e. The summed E-state index contributed by atoms with van der Waals surface area (Å²) in [5.74, 6) is 0.876. The van der Waals surface area contributed by atoms with E-state index in [-0.39, 0.29) is 11.9 Å². The lowest BCUT2D eigenvalue weighted by Gasteiger charge is -2.14. The minimum Gasteiger partial charge on any atom is -0.375 e. The highest BCUT2D eigenvalue weighted by Gasteiger charge is 2.26. The SMILES string of the molecule is COCc1nc(-c2ccc3c(c2)CC[C@H]3NC(=O)c2ccnn2C)no1. The van der Waals surface area contributed by atoms with E-state index in [2.05, 4.69) is 26.6 Å². The number of aryl methyl sites for hydroxylation is 2. The van der Waals surface area contributed by atoms with Crippen LogP contribution in [0.1, 0.15) is 40.0 Å². The predicted octanol–water partition coefficient (Wildman–Crippen LogP) is 2.03. The van der Waals surface area contributed by atoms with Crippen molar-refractivity contribution in [1.29, 1.82) is 0 Å². The van der Waals surface area contributed by atoms with Gasteiger partial charge < -0.3 is 14.6 Å². The van der Waals surface area contributed by atoms with Gasteiger partial charge in [-0.15, -0.1) is 0 Å². The molecule has 1 aliphatic rings. The molecule has 1 aromatic carbocycles. The van der Waals surface area contributed by atoms with Gasteiger partial charge in [-0.3, -0.25) is 9.48 Å². The number of fused-ring (bicyclic) bond motifs is 1. The maximum absolute atomic E-state index is 12.4. The van der Waals surface area contributed by atoms with E-state index in [1.165, 1.54) is 5.56 Å². The maximum atomic E-state index is 12.4. The van der Waals surface area contributed by atoms with Crippen molar-refractivity contribution in [3.63, 3.8) is 0 Å². The molecule has 0 saturated heterocycles. The molecule has 1 N–H and O–H groups in total. The van der Waals surface area contributed by atoms with Gasteiger partial charge in [0, 0.05) is 25.9 Å². The summed E-state index contributed by atoms with van der Waals surface area (Å²) in [4.78, 5) is 16.8. The van der Waals surface area contributed by atoms with Crippen LogP contribution in [0.5, 0.6) is 0 Å². The topological polar surface area (TPSA) is 95.1 Å². The minimum absolute atomic E-state index is 0.00392. The third-order valence-electron chi connectivity index (χ3n) is 4.57. The Balaban J connectivity index is 1.52. The first kappa shape index (κ1) is 16.5. The van der Waals surface area contributed by atoms with Crippen LogP contribution in [0.15, 0.2) is 35.0 Å². The van der Waals surface area contributed by atoms with Gasteiger partial charge in [-0.25, -0.2) is 0 Å². The average Bonchev–Trinajstić information content (AvgIpc) is 3.35. The van der Waals surface area contributed by atoms with Crippen molar-refractivity contribution in [2.75, 3.05) is 7.11 Å². The molecule has 8 heteroatoms. The standard InChI is InChI=1S/C18H19N5O3/c1-23-15(7-8-19-23)18(24)20-14-6-4-11-9-12(3-5-13(11)14)17-21-16(10-25-2)26-22-17/h3,5,7-9,14H,4,6,10H2,1-2H3,(H,20,24)/t14-/m1/s1. The van der Waals surface area contributed by atoms with Crippen LogP contribution in [-0.2, 0) is 24.8 Å². The summed E-state index contributed by atoms with van der Waals surface area (Å²) >= 11 is 0. The van der Waals surface area contributed by atoms with E-state index in [1.54, 1.807) is 31.1 Å². The van der Waals surface area contributed by atoms with E-state index in [9.17, 15) is 4.79 Å². The van der Waals surface area contributed by atoms with Gasteiger partial charge in [-0.2, -0.15) is 10.1 Å². The normalized spacial score (nSPS) is 15.8. The third-order valence-corrected chi connectivity index (χ3v) is 4.57. The zero-order valence-corrected chi connectivity index (χ0v) is 14.6. The Hall–Kier alpha value is -3.00. The lowest BCUT2D eigenvalue weighted by molar-refractivity contribution is 0.0927. The van der Waals surface area contributed by atoms with Crippen molar-refractivity contribution in [2.24, 2.45) is 7.05 Å². The van der Waals surface area contributed by atoms with Crippen LogP contribution < -0.4 is 5.32 Å². The van der Waals surface area contributed by atoms with Crippen molar-refractivity contribution in [2.45, 2.75) is 25.5 Å². The summed E-state index contributed by atoms with van der Waals surface area (Å²) < 4.78 is 11.7. The Morgan fingerprint density at radius 2 is 2.31 bits per heavy atom. The van der Waals surface area contributed by atoms with Gasteiger partial charge in [0.2, 0.25) is 5.82 Å². The molecule has 1 aliphatic carbocycles. The van der Waals surface area contributed by atoms with Gasteiger partial charge in [0.15, 0.2) is 0 Å². The number of benzene rings is 1. The molecule has 1 atom stereocenters. The first-order chi connectivity index (χ1) is 12.7. The van der Waals surface area contributed by atoms with E-state index in [4.69, 9.17) is 9.26 Å². The summed E-state index contributed by atoms with van der Waals surface area (Å²) in [5, 5.41) is 11.1. The summed E-state index contributed by atoms with van der Waals surface area (Å²) in [6.07, 6.45) is 3.37. The number of nitrogens with one attached hydrogen (secondary N) is 1. The second-order valence-electron chi connectivity index (χ2n) is 6.26. The van der Waals surface area contributed by atoms with E-state index in [0.29, 0.717) is 24.0 Å². The second kappa shape index (κ2) is 6.72. The summed E-state index contributed by atoms with van der Waals surface area (Å²) in [6.45, 7) is 0.292. The van der Waals surface area contributed by atoms with Gasteiger partial charge in [0.05, 0.1) is 6.04 Å². The van der Waals surface area contributed by atoms with E-state index >= 15 is 0 Å². The number of aromatic nitrogens is 4. The number of ether oxygens (including phenoxy) is 1. The Labute approximate surface area is 150 Å². The fraction of sp³-hybridized carbons (Fsp3) is 0.333. The highest BCUT2D eigenvalue weighted by atomic mass is 16.5. The van der Waals surface area contributed by atoms with E-state index in [1.807, 2.05) is 12.1 Å². The number of amides is 1. The molecule has 0 unspecified atom stereocenters. The van der Waals surface area contributed by atoms with Gasteiger partial charge in [0.25, 0.3) is 11.8 Å². The van der Waals surface area contributed by atoms with Crippen LogP contribution in [0, 0.1) is 0 Å². The van der Waals surface area contributed by atoms with Crippen LogP contribution in [0.4, 0.5) is 0 Å². The van der Waals surface area contributed by atoms with Crippen LogP contribution in [-0.4, -0.2) is 32.9 Å². The van der Waals surface area contributed by atoms with Gasteiger partial charge in [-0.05, 0) is 36.1 Å². The molecular weight excluding hydrogens is 334 g/mol. The number of carbonyl (C=O) groups is 1. The predicted molar refractivity (Wildman–Crippen MR) is 92.2 cm³/mol. The Morgan fingerprint density at radius 3 is 3.08 bits per heavy atom. The van der Waals surface area contributed by atoms with Crippen molar-refractivity contribution in [3.05, 3.63) is 53.2 Å². The van der Waals surface area contributed by atoms with Crippen LogP contribution in [0.25, 0.3) is 11.4 Å². The molecule has 134 valence electrons. The van der Waals surface area contributed by atoms with E-state index in [0.717, 1.165) is 24.0 Å². The van der Waals surface area contributed by atoms with Crippen LogP contribution in [0.2, 0.25) is 0 Å². The molecule has 0 fully saturated rings. The molecule has 0 aliphatic heterocycles. The van der Waals surface area contributed by atoms with Crippen molar-refractivity contribution < 1.29 is 14.1 Å². The van der Waals surface area contributed by atoms with Crippen molar-refractivity contribution in [3.8, 4) is 11.4 Å². The first-order valence-corrected chi connectivity index (χ1v) is 8.39. The molecule has 0 spiro atoms. The second-order valence-corrected chi connectivity index (χ2v) is 6.26. The highest BCUT2D eigenvalue weighted by molar-refractivity contribution is 5.92. The fourth-order valence-corrected chi connectivity index (χ4v) is 3.29. The quantitative estimate of drug-likeness (QED) is 0.754. The first-order valence-electron chi connectivity index (χ1n) is 8.39. The zero-order valence-electron chi connectivity index (χ0n) is 14.6. The van der Waals surface area contributed by atoms with Crippen molar-refractivity contribution >= 4 is 5.91 Å². The summed E-state index contributed by atoms with van der Waals surface area (Å²) in [6, 6.07) is 7.75. The third kappa shape index (κ3) is 2.99. The lowest BCUT2D eigenvalue weighted by Crippen LogP contribution is -2.28. The number of hydrogen-bond acceptors (Lipinski definition) is 6. The molecule has 0 radical (unpaired) electrons. The largest absolute Gasteiger partial charge is 0.375 e. The number of methoxy groups -OCH3 is 1. The van der Waals surface area contributed by atoms with Crippen LogP contribution in [0.3, 0.4) is 0 Å². The summed E-state index contributed by atoms with van der Waals surface area (Å²) in [5.41, 5.74) is 3.77. The average molecular weight is 353 g/mol. The highest BCUT2D eigenvalue weighted by Crippen LogP contribution is 2.33. The minimum atomic E-state index is -0.116. The van der Waals surface area contributed by atoms with E-state index < -0.39 is 0 Å². The number of carbonyl (C=O) groups excluding carboxylic acids is 1. The molecular formula is C18H19N5O3. The molecule has 8 nitrogen and oxygen atoms in total. The lowest BCUT2D eigenvalue weighted by atomic mass is 10.0. The van der Waals surface area contributed by atoms with Crippen molar-refractivity contribution in [1.82, 2.24) is 25.2 Å². The molecule has 2 aromatic heterocycles. The van der Waals surface area contributed by atoms with Crippen LogP contribution >= 0.6 is 0 Å². The number of nitrogens with zero attached hydrogens (tertiary/aromatic N) is 4. The molecule has 0 bridgehead atoms. The fourth-order valence-electron chi connectivity index (χ4n) is 3.29. The molecule has 4 rings (SSSR count). The molecule has 3 aromatic rings. The Kier molecular flexibility index (Phi) is 4.26. The summed E-state index contributed by atoms with van der Waals surface area (Å²) in [7, 11) is 3.34. The zero-order chi connectivity index (χ0) is 18.1. The molecule has 0 saturated carbocycles. The van der Waals surface area contributed by atoms with Gasteiger partial charge in [-0.1, -0.05) is 17.3 Å².